The van der Waals surface area contributed by atoms with Gasteiger partial charge in [0, 0.05) is 34.5 Å². The van der Waals surface area contributed by atoms with Crippen LogP contribution in [0.5, 0.6) is 0 Å². The average Bonchev–Trinajstić information content (AvgIpc) is 2.97. The van der Waals surface area contributed by atoms with E-state index in [1.807, 2.05) is 33.9 Å². The summed E-state index contributed by atoms with van der Waals surface area (Å²) in [6.45, 7) is 16.9. The van der Waals surface area contributed by atoms with Crippen molar-refractivity contribution in [1.82, 2.24) is 19.3 Å². The number of nitrogens with two attached hydrogens (primary N) is 1. The quantitative estimate of drug-likeness (QED) is 0.261. The Balaban J connectivity index is 2.46. The Morgan fingerprint density at radius 1 is 1.13 bits per heavy atom. The molecule has 216 valence electrons. The van der Waals surface area contributed by atoms with E-state index in [1.165, 1.54) is 28.7 Å². The topological polar surface area (TPSA) is 109 Å². The van der Waals surface area contributed by atoms with Crippen LogP contribution in [0.3, 0.4) is 0 Å². The highest BCUT2D eigenvalue weighted by Crippen LogP contribution is 2.37. The average molecular weight is 577 g/mol. The first-order chi connectivity index (χ1) is 17.2. The third-order valence-electron chi connectivity index (χ3n) is 6.86. The molecule has 9 nitrogen and oxygen atoms in total. The van der Waals surface area contributed by atoms with Gasteiger partial charge in [-0.3, -0.25) is 4.79 Å². The standard InChI is InChI=1S/C24H43F3N6O3Si2/c1-23(2,3)38(8,9)36-13-11-17(24(25,26)27)30-21-19(20-29-12-10-18(28)31-20)22(34)32(4)33(21)16-35-14-15-37(5,6)7/h10,12,17,30H,11,13-16H2,1-9H3,(H2,28,29,31). The second-order valence-corrected chi connectivity index (χ2v) is 22.7. The minimum absolute atomic E-state index is 0.0626. The van der Waals surface area contributed by atoms with Gasteiger partial charge in [0.1, 0.15) is 30.0 Å². The van der Waals surface area contributed by atoms with Gasteiger partial charge in [0.05, 0.1) is 0 Å². The number of nitrogens with one attached hydrogen (secondary N) is 1. The normalized spacial score (nSPS) is 14.1. The molecular weight excluding hydrogens is 533 g/mol. The molecule has 2 rings (SSSR count). The van der Waals surface area contributed by atoms with Crippen LogP contribution in [0.1, 0.15) is 27.2 Å². The van der Waals surface area contributed by atoms with Crippen LogP contribution in [0, 0.1) is 0 Å². The lowest BCUT2D eigenvalue weighted by Crippen LogP contribution is -2.43. The number of nitrogen functional groups attached to an aromatic ring is 1. The smallest absolute Gasteiger partial charge is 0.408 e. The maximum absolute atomic E-state index is 14.3. The predicted octanol–water partition coefficient (Wildman–Crippen LogP) is 5.29. The summed E-state index contributed by atoms with van der Waals surface area (Å²) in [6, 6.07) is 0.322. The van der Waals surface area contributed by atoms with Gasteiger partial charge in [-0.25, -0.2) is 19.3 Å². The number of aromatic nitrogens is 4. The lowest BCUT2D eigenvalue weighted by atomic mass is 10.2. The van der Waals surface area contributed by atoms with E-state index in [-0.39, 0.29) is 47.8 Å². The second-order valence-electron chi connectivity index (χ2n) is 12.2. The Bertz CT molecular complexity index is 1140. The maximum Gasteiger partial charge on any atom is 0.408 e. The third kappa shape index (κ3) is 8.42. The van der Waals surface area contributed by atoms with Crippen LogP contribution in [0.2, 0.25) is 43.8 Å². The van der Waals surface area contributed by atoms with E-state index in [2.05, 4.69) is 34.9 Å². The molecule has 0 saturated carbocycles. The molecule has 0 fully saturated rings. The fourth-order valence-electron chi connectivity index (χ4n) is 3.30. The van der Waals surface area contributed by atoms with Crippen molar-refractivity contribution in [1.29, 1.82) is 0 Å². The van der Waals surface area contributed by atoms with Crippen LogP contribution in [-0.4, -0.2) is 61.2 Å². The van der Waals surface area contributed by atoms with Crippen molar-refractivity contribution in [2.45, 2.75) is 90.0 Å². The Kier molecular flexibility index (Phi) is 10.1. The molecule has 0 spiro atoms. The zero-order chi connectivity index (χ0) is 29.1. The fourth-order valence-corrected chi connectivity index (χ4v) is 5.12. The molecule has 1 unspecified atom stereocenters. The Hall–Kier alpha value is -2.17. The number of alkyl halides is 3. The molecule has 1 atom stereocenters. The van der Waals surface area contributed by atoms with E-state index in [9.17, 15) is 18.0 Å². The summed E-state index contributed by atoms with van der Waals surface area (Å²) >= 11 is 0. The van der Waals surface area contributed by atoms with E-state index in [0.29, 0.717) is 6.61 Å². The maximum atomic E-state index is 14.3. The number of nitrogens with zero attached hydrogens (tertiary/aromatic N) is 4. The Morgan fingerprint density at radius 2 is 1.76 bits per heavy atom. The molecule has 0 aromatic carbocycles. The van der Waals surface area contributed by atoms with Gasteiger partial charge < -0.3 is 20.2 Å². The number of ether oxygens (including phenoxy) is 1. The van der Waals surface area contributed by atoms with Gasteiger partial charge in [0.25, 0.3) is 5.56 Å². The van der Waals surface area contributed by atoms with Crippen LogP contribution in [0.25, 0.3) is 11.4 Å². The number of rotatable bonds is 12. The summed E-state index contributed by atoms with van der Waals surface area (Å²) in [4.78, 5) is 21.4. The molecule has 0 radical (unpaired) electrons. The monoisotopic (exact) mass is 576 g/mol. The first kappa shape index (κ1) is 32.0. The van der Waals surface area contributed by atoms with E-state index in [0.717, 1.165) is 6.04 Å². The molecule has 0 amide bonds. The highest BCUT2D eigenvalue weighted by atomic mass is 28.4. The van der Waals surface area contributed by atoms with Crippen LogP contribution in [0.4, 0.5) is 24.8 Å². The minimum Gasteiger partial charge on any atom is -0.417 e. The largest absolute Gasteiger partial charge is 0.417 e. The van der Waals surface area contributed by atoms with Gasteiger partial charge in [-0.05, 0) is 36.7 Å². The van der Waals surface area contributed by atoms with Gasteiger partial charge in [-0.1, -0.05) is 40.4 Å². The zero-order valence-corrected chi connectivity index (χ0v) is 26.0. The van der Waals surface area contributed by atoms with Crippen LogP contribution in [-0.2, 0) is 22.9 Å². The number of hydrogen-bond acceptors (Lipinski definition) is 7. The van der Waals surface area contributed by atoms with E-state index >= 15 is 0 Å². The minimum atomic E-state index is -4.61. The van der Waals surface area contributed by atoms with Gasteiger partial charge >= 0.3 is 6.18 Å². The summed E-state index contributed by atoms with van der Waals surface area (Å²) in [5, 5.41) is 2.44. The summed E-state index contributed by atoms with van der Waals surface area (Å²) in [7, 11) is -2.18. The van der Waals surface area contributed by atoms with Gasteiger partial charge in [-0.15, -0.1) is 0 Å². The molecule has 2 aromatic rings. The molecule has 0 bridgehead atoms. The van der Waals surface area contributed by atoms with Crippen molar-refractivity contribution < 1.29 is 22.3 Å². The van der Waals surface area contributed by atoms with Crippen molar-refractivity contribution in [3.8, 4) is 11.4 Å². The Morgan fingerprint density at radius 3 is 2.29 bits per heavy atom. The molecular formula is C24H43F3N6O3Si2. The fraction of sp³-hybridized carbons (Fsp3) is 0.708. The van der Waals surface area contributed by atoms with Crippen molar-refractivity contribution in [3.63, 3.8) is 0 Å². The first-order valence-electron chi connectivity index (χ1n) is 12.7. The second kappa shape index (κ2) is 11.9. The van der Waals surface area contributed by atoms with Crippen molar-refractivity contribution >= 4 is 28.0 Å². The molecule has 0 aliphatic rings. The van der Waals surface area contributed by atoms with Crippen LogP contribution < -0.4 is 16.6 Å². The molecule has 2 heterocycles. The molecule has 0 saturated heterocycles. The van der Waals surface area contributed by atoms with Crippen molar-refractivity contribution in [2.24, 2.45) is 7.05 Å². The highest BCUT2D eigenvalue weighted by Gasteiger charge is 2.42. The highest BCUT2D eigenvalue weighted by molar-refractivity contribution is 6.76. The predicted molar refractivity (Wildman–Crippen MR) is 150 cm³/mol. The number of halogens is 3. The zero-order valence-electron chi connectivity index (χ0n) is 24.0. The molecule has 2 aromatic heterocycles. The molecule has 3 N–H and O–H groups in total. The lowest BCUT2D eigenvalue weighted by Gasteiger charge is -2.36. The van der Waals surface area contributed by atoms with E-state index in [1.54, 1.807) is 0 Å². The summed E-state index contributed by atoms with van der Waals surface area (Å²) in [5.74, 6) is -0.0459. The van der Waals surface area contributed by atoms with E-state index in [4.69, 9.17) is 14.9 Å². The van der Waals surface area contributed by atoms with Gasteiger partial charge in [0.15, 0.2) is 14.1 Å². The third-order valence-corrected chi connectivity index (χ3v) is 13.1. The first-order valence-corrected chi connectivity index (χ1v) is 19.3. The van der Waals surface area contributed by atoms with Crippen LogP contribution >= 0.6 is 0 Å². The van der Waals surface area contributed by atoms with Gasteiger partial charge in [-0.2, -0.15) is 13.2 Å². The van der Waals surface area contributed by atoms with Crippen LogP contribution in [0.15, 0.2) is 17.1 Å². The molecule has 0 aliphatic heterocycles. The van der Waals surface area contributed by atoms with Crippen molar-refractivity contribution in [3.05, 3.63) is 22.6 Å². The lowest BCUT2D eigenvalue weighted by molar-refractivity contribution is -0.145. The molecule has 14 heteroatoms. The number of hydrogen-bond donors (Lipinski definition) is 2. The number of anilines is 2. The van der Waals surface area contributed by atoms with Crippen molar-refractivity contribution in [2.75, 3.05) is 24.3 Å². The molecule has 38 heavy (non-hydrogen) atoms. The SMILES string of the molecule is Cn1c(=O)c(-c2nccc(N)n2)c(NC(CCO[Si](C)(C)C(C)(C)C)C(F)(F)F)n1COCC[Si](C)(C)C. The molecule has 0 aliphatic carbocycles. The van der Waals surface area contributed by atoms with E-state index < -0.39 is 34.2 Å². The van der Waals surface area contributed by atoms with Gasteiger partial charge in [0.2, 0.25) is 0 Å². The summed E-state index contributed by atoms with van der Waals surface area (Å²) in [5.41, 5.74) is 5.12. The summed E-state index contributed by atoms with van der Waals surface area (Å²) in [6.07, 6.45) is -3.59. The Labute approximate surface area is 225 Å². The summed E-state index contributed by atoms with van der Waals surface area (Å²) < 4.78 is 57.2.